The Balaban J connectivity index is 2.52. The van der Waals surface area contributed by atoms with Crippen LogP contribution in [0.2, 0.25) is 0 Å². The van der Waals surface area contributed by atoms with Crippen molar-refractivity contribution in [2.75, 3.05) is 11.1 Å². The summed E-state index contributed by atoms with van der Waals surface area (Å²) in [7, 11) is 0. The second-order valence-corrected chi connectivity index (χ2v) is 3.75. The summed E-state index contributed by atoms with van der Waals surface area (Å²) < 4.78 is 0. The largest absolute Gasteiger partial charge is 0.383 e. The average Bonchev–Trinajstić information content (AvgIpc) is 2.16. The number of nitrogen functional groups attached to an aromatic ring is 1. The number of nitrogens with one attached hydrogen (secondary N) is 1. The molecule has 0 atom stereocenters. The lowest BCUT2D eigenvalue weighted by Gasteiger charge is -2.09. The minimum absolute atomic E-state index is 0.297. The maximum Gasteiger partial charge on any atom is 0.225 e. The molecule has 0 amide bonds. The molecule has 4 nitrogen and oxygen atoms in total. The van der Waals surface area contributed by atoms with Crippen LogP contribution in [0.5, 0.6) is 0 Å². The van der Waals surface area contributed by atoms with Crippen molar-refractivity contribution in [3.05, 3.63) is 24.3 Å². The molecule has 2 aromatic rings. The van der Waals surface area contributed by atoms with Crippen molar-refractivity contribution in [1.29, 1.82) is 0 Å². The van der Waals surface area contributed by atoms with Gasteiger partial charge in [0.1, 0.15) is 5.82 Å². The molecule has 0 aliphatic heterocycles. The van der Waals surface area contributed by atoms with E-state index in [-0.39, 0.29) is 0 Å². The minimum atomic E-state index is 0.297. The Labute approximate surface area is 88.5 Å². The zero-order valence-corrected chi connectivity index (χ0v) is 8.86. The van der Waals surface area contributed by atoms with Crippen LogP contribution in [-0.4, -0.2) is 16.0 Å². The van der Waals surface area contributed by atoms with Gasteiger partial charge in [-0.05, 0) is 26.0 Å². The van der Waals surface area contributed by atoms with Crippen LogP contribution in [0.4, 0.5) is 11.8 Å². The van der Waals surface area contributed by atoms with E-state index in [0.717, 1.165) is 10.9 Å². The Bertz CT molecular complexity index is 479. The van der Waals surface area contributed by atoms with Gasteiger partial charge in [0.15, 0.2) is 0 Å². The number of para-hydroxylation sites is 1. The van der Waals surface area contributed by atoms with E-state index in [4.69, 9.17) is 5.73 Å². The molecule has 0 aliphatic rings. The highest BCUT2D eigenvalue weighted by Gasteiger charge is 2.04. The van der Waals surface area contributed by atoms with E-state index in [0.29, 0.717) is 17.8 Å². The average molecular weight is 202 g/mol. The van der Waals surface area contributed by atoms with Gasteiger partial charge in [-0.1, -0.05) is 12.1 Å². The van der Waals surface area contributed by atoms with Crippen molar-refractivity contribution in [3.8, 4) is 0 Å². The van der Waals surface area contributed by atoms with Gasteiger partial charge < -0.3 is 11.1 Å². The van der Waals surface area contributed by atoms with Gasteiger partial charge in [-0.3, -0.25) is 0 Å². The summed E-state index contributed by atoms with van der Waals surface area (Å²) in [5.74, 6) is 1.10. The van der Waals surface area contributed by atoms with Gasteiger partial charge in [0.25, 0.3) is 0 Å². The Morgan fingerprint density at radius 1 is 1.20 bits per heavy atom. The van der Waals surface area contributed by atoms with E-state index in [1.54, 1.807) is 0 Å². The van der Waals surface area contributed by atoms with Crippen molar-refractivity contribution in [2.45, 2.75) is 19.9 Å². The summed E-state index contributed by atoms with van der Waals surface area (Å²) >= 11 is 0. The van der Waals surface area contributed by atoms with Crippen LogP contribution in [0.1, 0.15) is 13.8 Å². The van der Waals surface area contributed by atoms with Gasteiger partial charge in [0, 0.05) is 11.4 Å². The minimum Gasteiger partial charge on any atom is -0.383 e. The molecule has 1 aromatic carbocycles. The summed E-state index contributed by atoms with van der Waals surface area (Å²) in [5.41, 5.74) is 6.71. The first-order valence-electron chi connectivity index (χ1n) is 4.95. The third-order valence-electron chi connectivity index (χ3n) is 2.05. The molecule has 0 saturated carbocycles. The van der Waals surface area contributed by atoms with E-state index in [1.165, 1.54) is 0 Å². The van der Waals surface area contributed by atoms with Crippen LogP contribution >= 0.6 is 0 Å². The molecule has 0 unspecified atom stereocenters. The maximum atomic E-state index is 5.84. The van der Waals surface area contributed by atoms with E-state index in [2.05, 4.69) is 15.3 Å². The van der Waals surface area contributed by atoms with E-state index in [9.17, 15) is 0 Å². The number of hydrogen-bond acceptors (Lipinski definition) is 4. The van der Waals surface area contributed by atoms with Gasteiger partial charge >= 0.3 is 0 Å². The summed E-state index contributed by atoms with van der Waals surface area (Å²) in [4.78, 5) is 8.57. The molecule has 0 aliphatic carbocycles. The third-order valence-corrected chi connectivity index (χ3v) is 2.05. The number of aromatic nitrogens is 2. The summed E-state index contributed by atoms with van der Waals surface area (Å²) in [6, 6.07) is 8.01. The third kappa shape index (κ3) is 1.98. The fraction of sp³-hybridized carbons (Fsp3) is 0.273. The van der Waals surface area contributed by atoms with Crippen LogP contribution in [0.25, 0.3) is 10.9 Å². The van der Waals surface area contributed by atoms with Crippen molar-refractivity contribution < 1.29 is 0 Å². The Morgan fingerprint density at radius 3 is 2.67 bits per heavy atom. The zero-order chi connectivity index (χ0) is 10.8. The maximum absolute atomic E-state index is 5.84. The predicted molar refractivity (Wildman–Crippen MR) is 62.7 cm³/mol. The Morgan fingerprint density at radius 2 is 1.93 bits per heavy atom. The van der Waals surface area contributed by atoms with Crippen LogP contribution < -0.4 is 11.1 Å². The molecule has 1 heterocycles. The van der Waals surface area contributed by atoms with Gasteiger partial charge in [-0.15, -0.1) is 0 Å². The van der Waals surface area contributed by atoms with E-state index >= 15 is 0 Å². The number of benzene rings is 1. The summed E-state index contributed by atoms with van der Waals surface area (Å²) in [6.45, 7) is 4.07. The van der Waals surface area contributed by atoms with Gasteiger partial charge in [0.2, 0.25) is 5.95 Å². The molecule has 1 aromatic heterocycles. The monoisotopic (exact) mass is 202 g/mol. The number of fused-ring (bicyclic) bond motifs is 1. The Kier molecular flexibility index (Phi) is 2.41. The predicted octanol–water partition coefficient (Wildman–Crippen LogP) is 2.03. The fourth-order valence-corrected chi connectivity index (χ4v) is 1.42. The molecule has 3 N–H and O–H groups in total. The number of hydrogen-bond donors (Lipinski definition) is 2. The van der Waals surface area contributed by atoms with Gasteiger partial charge in [0.05, 0.1) is 5.52 Å². The van der Waals surface area contributed by atoms with Crippen LogP contribution in [0.3, 0.4) is 0 Å². The van der Waals surface area contributed by atoms with Crippen molar-refractivity contribution in [1.82, 2.24) is 9.97 Å². The Hall–Kier alpha value is -1.84. The lowest BCUT2D eigenvalue weighted by molar-refractivity contribution is 0.878. The van der Waals surface area contributed by atoms with Gasteiger partial charge in [-0.25, -0.2) is 4.98 Å². The first-order valence-corrected chi connectivity index (χ1v) is 4.95. The van der Waals surface area contributed by atoms with Crippen LogP contribution in [-0.2, 0) is 0 Å². The first kappa shape index (κ1) is 9.71. The second-order valence-electron chi connectivity index (χ2n) is 3.75. The number of nitrogens with zero attached hydrogens (tertiary/aromatic N) is 2. The lowest BCUT2D eigenvalue weighted by Crippen LogP contribution is -2.13. The highest BCUT2D eigenvalue weighted by Crippen LogP contribution is 2.18. The second kappa shape index (κ2) is 3.73. The topological polar surface area (TPSA) is 63.8 Å². The normalized spacial score (nSPS) is 10.9. The standard InChI is InChI=1S/C11H14N4/c1-7(2)13-11-14-9-6-4-3-5-8(9)10(12)15-11/h3-7H,1-2H3,(H3,12,13,14,15). The molecule has 0 fully saturated rings. The molecule has 2 rings (SSSR count). The van der Waals surface area contributed by atoms with E-state index in [1.807, 2.05) is 38.1 Å². The van der Waals surface area contributed by atoms with E-state index < -0.39 is 0 Å². The van der Waals surface area contributed by atoms with Crippen LogP contribution in [0.15, 0.2) is 24.3 Å². The van der Waals surface area contributed by atoms with Crippen LogP contribution in [0, 0.1) is 0 Å². The van der Waals surface area contributed by atoms with Crippen molar-refractivity contribution in [2.24, 2.45) is 0 Å². The molecule has 15 heavy (non-hydrogen) atoms. The number of rotatable bonds is 2. The molecule has 78 valence electrons. The van der Waals surface area contributed by atoms with Crippen molar-refractivity contribution in [3.63, 3.8) is 0 Å². The zero-order valence-electron chi connectivity index (χ0n) is 8.86. The quantitative estimate of drug-likeness (QED) is 0.782. The van der Waals surface area contributed by atoms with Crippen molar-refractivity contribution >= 4 is 22.7 Å². The smallest absolute Gasteiger partial charge is 0.225 e. The summed E-state index contributed by atoms with van der Waals surface area (Å²) in [5, 5.41) is 4.03. The summed E-state index contributed by atoms with van der Waals surface area (Å²) in [6.07, 6.45) is 0. The lowest BCUT2D eigenvalue weighted by atomic mass is 10.2. The van der Waals surface area contributed by atoms with Gasteiger partial charge in [-0.2, -0.15) is 4.98 Å². The molecular weight excluding hydrogens is 188 g/mol. The molecule has 0 spiro atoms. The first-order chi connectivity index (χ1) is 7.16. The molecule has 0 bridgehead atoms. The molecule has 4 heteroatoms. The fourth-order valence-electron chi connectivity index (χ4n) is 1.42. The molecular formula is C11H14N4. The molecule has 0 saturated heterocycles. The highest BCUT2D eigenvalue weighted by atomic mass is 15.1. The SMILES string of the molecule is CC(C)Nc1nc(N)c2ccccc2n1. The number of nitrogens with two attached hydrogens (primary N) is 1. The highest BCUT2D eigenvalue weighted by molar-refractivity contribution is 5.88. The number of anilines is 2. The molecule has 0 radical (unpaired) electrons.